The van der Waals surface area contributed by atoms with Gasteiger partial charge in [0.2, 0.25) is 0 Å². The van der Waals surface area contributed by atoms with Gasteiger partial charge in [-0.2, -0.15) is 0 Å². The summed E-state index contributed by atoms with van der Waals surface area (Å²) in [6, 6.07) is 10.1. The molecule has 1 spiro atoms. The van der Waals surface area contributed by atoms with E-state index < -0.39 is 12.2 Å². The highest BCUT2D eigenvalue weighted by atomic mass is 35.5. The van der Waals surface area contributed by atoms with Gasteiger partial charge in [-0.25, -0.2) is 0 Å². The number of halogens is 1. The number of amides is 1. The molecule has 9 heteroatoms. The van der Waals surface area contributed by atoms with Crippen LogP contribution in [0.25, 0.3) is 0 Å². The third-order valence-corrected chi connectivity index (χ3v) is 7.64. The second-order valence-electron chi connectivity index (χ2n) is 10.2. The van der Waals surface area contributed by atoms with E-state index in [-0.39, 0.29) is 36.2 Å². The number of rotatable bonds is 6. The Bertz CT molecular complexity index is 1100. The van der Waals surface area contributed by atoms with Crippen molar-refractivity contribution >= 4 is 17.5 Å². The number of carbonyl (C=O) groups excluding carboxylic acids is 1. The quantitative estimate of drug-likeness (QED) is 0.542. The lowest BCUT2D eigenvalue weighted by molar-refractivity contribution is -0.00205. The number of β-amino-alcohol motifs (C(OH)–C–C–N with tert-alkyl or cyclic N) is 2. The van der Waals surface area contributed by atoms with Gasteiger partial charge in [0.15, 0.2) is 0 Å². The van der Waals surface area contributed by atoms with Crippen LogP contribution in [0.2, 0.25) is 5.02 Å². The van der Waals surface area contributed by atoms with E-state index in [0.717, 1.165) is 55.1 Å². The van der Waals surface area contributed by atoms with E-state index in [9.17, 15) is 20.1 Å². The van der Waals surface area contributed by atoms with Gasteiger partial charge < -0.3 is 34.6 Å². The van der Waals surface area contributed by atoms with Gasteiger partial charge in [-0.05, 0) is 48.7 Å². The van der Waals surface area contributed by atoms with E-state index >= 15 is 0 Å². The number of piperidine rings is 2. The number of hydrogen-bond acceptors (Lipinski definition) is 7. The van der Waals surface area contributed by atoms with Gasteiger partial charge in [-0.3, -0.25) is 4.79 Å². The minimum atomic E-state index is -0.762. The zero-order valence-electron chi connectivity index (χ0n) is 20.2. The summed E-state index contributed by atoms with van der Waals surface area (Å²) in [7, 11) is 0. The van der Waals surface area contributed by atoms with E-state index in [2.05, 4.69) is 4.90 Å². The maximum Gasteiger partial charge on any atom is 0.257 e. The Morgan fingerprint density at radius 2 is 2.00 bits per heavy atom. The largest absolute Gasteiger partial charge is 0.508 e. The van der Waals surface area contributed by atoms with Gasteiger partial charge in [0.1, 0.15) is 35.6 Å². The van der Waals surface area contributed by atoms with Gasteiger partial charge in [0.05, 0.1) is 11.7 Å². The highest BCUT2D eigenvalue weighted by Gasteiger charge is 2.42. The maximum absolute atomic E-state index is 13.0. The molecule has 1 unspecified atom stereocenters. The molecule has 0 aliphatic carbocycles. The van der Waals surface area contributed by atoms with Crippen LogP contribution in [0.1, 0.15) is 41.6 Å². The number of benzene rings is 2. The highest BCUT2D eigenvalue weighted by molar-refractivity contribution is 6.30. The number of aliphatic hydroxyl groups excluding tert-OH is 2. The molecule has 2 aromatic carbocycles. The molecule has 3 aliphatic rings. The number of carbonyl (C=O) groups is 1. The molecule has 8 nitrogen and oxygen atoms in total. The van der Waals surface area contributed by atoms with Gasteiger partial charge in [-0.15, -0.1) is 0 Å². The summed E-state index contributed by atoms with van der Waals surface area (Å²) in [4.78, 5) is 16.8. The molecule has 2 aromatic rings. The van der Waals surface area contributed by atoms with Crippen LogP contribution in [0.3, 0.4) is 0 Å². The second-order valence-corrected chi connectivity index (χ2v) is 10.6. The molecule has 36 heavy (non-hydrogen) atoms. The van der Waals surface area contributed by atoms with Crippen LogP contribution in [0.5, 0.6) is 17.2 Å². The Hall–Kier alpha value is -2.52. The van der Waals surface area contributed by atoms with Gasteiger partial charge in [0, 0.05) is 63.1 Å². The minimum Gasteiger partial charge on any atom is -0.508 e. The van der Waals surface area contributed by atoms with Crippen LogP contribution >= 0.6 is 11.6 Å². The van der Waals surface area contributed by atoms with Crippen molar-refractivity contribution in [3.05, 3.63) is 52.5 Å². The summed E-state index contributed by atoms with van der Waals surface area (Å²) in [5.74, 6) is 0.873. The number of hydrogen-bond donors (Lipinski definition) is 3. The fourth-order valence-electron chi connectivity index (χ4n) is 5.48. The molecule has 5 rings (SSSR count). The molecule has 0 radical (unpaired) electrons. The van der Waals surface area contributed by atoms with E-state index in [1.165, 1.54) is 18.2 Å². The van der Waals surface area contributed by atoms with E-state index in [4.69, 9.17) is 21.1 Å². The maximum atomic E-state index is 13.0. The fraction of sp³-hybridized carbons (Fsp3) is 0.519. The molecule has 2 atom stereocenters. The smallest absolute Gasteiger partial charge is 0.257 e. The molecule has 0 bridgehead atoms. The topological polar surface area (TPSA) is 103 Å². The third kappa shape index (κ3) is 5.57. The number of aliphatic hydroxyl groups is 2. The van der Waals surface area contributed by atoms with Crippen molar-refractivity contribution in [3.63, 3.8) is 0 Å². The Labute approximate surface area is 216 Å². The summed E-state index contributed by atoms with van der Waals surface area (Å²) < 4.78 is 12.1. The minimum absolute atomic E-state index is 0.00551. The first kappa shape index (κ1) is 25.1. The summed E-state index contributed by atoms with van der Waals surface area (Å²) >= 11 is 6.14. The van der Waals surface area contributed by atoms with Crippen molar-refractivity contribution in [3.8, 4) is 17.2 Å². The normalized spacial score (nSPS) is 22.2. The standard InChI is InChI=1S/C27H33ClN2O6/c28-19-3-6-24-18(12-19)14-27(36-24)7-10-29(11-8-27)15-22(33)17-35-25-13-20(31)4-5-23(25)26(34)30-9-1-2-21(32)16-30/h3-6,12-13,21-22,31-33H,1-2,7-11,14-17H2/t21?,22-/m0/s1. The first-order chi connectivity index (χ1) is 17.3. The predicted octanol–water partition coefficient (Wildman–Crippen LogP) is 2.85. The molecule has 3 heterocycles. The Morgan fingerprint density at radius 3 is 2.78 bits per heavy atom. The van der Waals surface area contributed by atoms with Crippen LogP contribution < -0.4 is 9.47 Å². The summed E-state index contributed by atoms with van der Waals surface area (Å²) in [6.07, 6.45) is 2.70. The van der Waals surface area contributed by atoms with Gasteiger partial charge in [0.25, 0.3) is 5.91 Å². The second kappa shape index (κ2) is 10.5. The van der Waals surface area contributed by atoms with E-state index in [0.29, 0.717) is 25.1 Å². The summed E-state index contributed by atoms with van der Waals surface area (Å²) in [5, 5.41) is 31.3. The lowest BCUT2D eigenvalue weighted by Gasteiger charge is -2.39. The molecular formula is C27H33ClN2O6. The van der Waals surface area contributed by atoms with Crippen LogP contribution in [0.4, 0.5) is 0 Å². The van der Waals surface area contributed by atoms with E-state index in [1.807, 2.05) is 18.2 Å². The van der Waals surface area contributed by atoms with Crippen LogP contribution in [-0.4, -0.2) is 88.2 Å². The van der Waals surface area contributed by atoms with Crippen molar-refractivity contribution in [1.29, 1.82) is 0 Å². The zero-order valence-corrected chi connectivity index (χ0v) is 21.0. The molecule has 2 saturated heterocycles. The fourth-order valence-corrected chi connectivity index (χ4v) is 5.67. The number of likely N-dealkylation sites (tertiary alicyclic amines) is 2. The van der Waals surface area contributed by atoms with Crippen molar-refractivity contribution in [2.75, 3.05) is 39.3 Å². The monoisotopic (exact) mass is 516 g/mol. The van der Waals surface area contributed by atoms with Gasteiger partial charge in [-0.1, -0.05) is 11.6 Å². The molecule has 2 fully saturated rings. The average molecular weight is 517 g/mol. The Balaban J connectivity index is 1.14. The predicted molar refractivity (Wildman–Crippen MR) is 135 cm³/mol. The first-order valence-corrected chi connectivity index (χ1v) is 13.0. The van der Waals surface area contributed by atoms with Crippen molar-refractivity contribution in [2.45, 2.75) is 49.9 Å². The molecule has 194 valence electrons. The number of phenols is 1. The van der Waals surface area contributed by atoms with Gasteiger partial charge >= 0.3 is 0 Å². The average Bonchev–Trinajstić information content (AvgIpc) is 3.21. The molecule has 3 aliphatic heterocycles. The lowest BCUT2D eigenvalue weighted by Crippen LogP contribution is -2.49. The van der Waals surface area contributed by atoms with Crippen LogP contribution in [0.15, 0.2) is 36.4 Å². The molecule has 0 aromatic heterocycles. The zero-order chi connectivity index (χ0) is 25.3. The summed E-state index contributed by atoms with van der Waals surface area (Å²) in [5.41, 5.74) is 1.26. The van der Waals surface area contributed by atoms with E-state index in [1.54, 1.807) is 4.90 Å². The van der Waals surface area contributed by atoms with Crippen molar-refractivity contribution in [2.24, 2.45) is 0 Å². The molecule has 3 N–H and O–H groups in total. The van der Waals surface area contributed by atoms with Crippen LogP contribution in [0, 0.1) is 0 Å². The summed E-state index contributed by atoms with van der Waals surface area (Å²) in [6.45, 7) is 2.87. The number of aromatic hydroxyl groups is 1. The number of phenolic OH excluding ortho intramolecular Hbond substituents is 1. The molecule has 1 amide bonds. The highest BCUT2D eigenvalue weighted by Crippen LogP contribution is 2.42. The third-order valence-electron chi connectivity index (χ3n) is 7.41. The number of ether oxygens (including phenoxy) is 2. The van der Waals surface area contributed by atoms with Crippen molar-refractivity contribution in [1.82, 2.24) is 9.80 Å². The van der Waals surface area contributed by atoms with Crippen LogP contribution in [-0.2, 0) is 6.42 Å². The first-order valence-electron chi connectivity index (χ1n) is 12.6. The molecular weight excluding hydrogens is 484 g/mol. The SMILES string of the molecule is O=C(c1ccc(O)cc1OC[C@@H](O)CN1CCC2(CC1)Cc1cc(Cl)ccc1O2)N1CCCC(O)C1. The number of nitrogens with zero attached hydrogens (tertiary/aromatic N) is 2. The molecule has 0 saturated carbocycles. The lowest BCUT2D eigenvalue weighted by atomic mass is 9.87. The Kier molecular flexibility index (Phi) is 7.30. The van der Waals surface area contributed by atoms with Crippen molar-refractivity contribution < 1.29 is 29.6 Å². The number of fused-ring (bicyclic) bond motifs is 1. The Morgan fingerprint density at radius 1 is 1.19 bits per heavy atom.